The Bertz CT molecular complexity index is 581. The SMILES string of the molecule is CC(=O)N1CCN(C(=O)/C=C/c2c(C)nn(C)c2C)CC1. The second-order valence-corrected chi connectivity index (χ2v) is 5.37. The van der Waals surface area contributed by atoms with Crippen LogP contribution in [0.3, 0.4) is 0 Å². The van der Waals surface area contributed by atoms with Gasteiger partial charge in [0.15, 0.2) is 0 Å². The number of carbonyl (C=O) groups excluding carboxylic acids is 2. The number of amides is 2. The lowest BCUT2D eigenvalue weighted by atomic mass is 10.2. The molecule has 2 amide bonds. The summed E-state index contributed by atoms with van der Waals surface area (Å²) >= 11 is 0. The number of piperazine rings is 1. The van der Waals surface area contributed by atoms with Crippen LogP contribution >= 0.6 is 0 Å². The summed E-state index contributed by atoms with van der Waals surface area (Å²) in [7, 11) is 1.89. The Morgan fingerprint density at radius 3 is 2.14 bits per heavy atom. The van der Waals surface area contributed by atoms with Crippen molar-refractivity contribution in [2.24, 2.45) is 7.05 Å². The van der Waals surface area contributed by atoms with Gasteiger partial charge in [0.2, 0.25) is 11.8 Å². The maximum atomic E-state index is 12.2. The summed E-state index contributed by atoms with van der Waals surface area (Å²) in [6.07, 6.45) is 3.43. The van der Waals surface area contributed by atoms with Crippen molar-refractivity contribution in [2.45, 2.75) is 20.8 Å². The summed E-state index contributed by atoms with van der Waals surface area (Å²) in [4.78, 5) is 27.0. The van der Waals surface area contributed by atoms with Crippen LogP contribution in [0.25, 0.3) is 6.08 Å². The zero-order valence-electron chi connectivity index (χ0n) is 13.1. The van der Waals surface area contributed by atoms with E-state index in [1.807, 2.05) is 31.7 Å². The lowest BCUT2D eigenvalue weighted by molar-refractivity contribution is -0.135. The lowest BCUT2D eigenvalue weighted by Gasteiger charge is -2.33. The topological polar surface area (TPSA) is 58.4 Å². The fraction of sp³-hybridized carbons (Fsp3) is 0.533. The molecule has 1 fully saturated rings. The van der Waals surface area contributed by atoms with Crippen LogP contribution in [0.1, 0.15) is 23.9 Å². The molecular formula is C15H22N4O2. The van der Waals surface area contributed by atoms with Gasteiger partial charge in [-0.2, -0.15) is 5.10 Å². The van der Waals surface area contributed by atoms with Gasteiger partial charge in [0, 0.05) is 57.5 Å². The molecule has 1 saturated heterocycles. The zero-order valence-corrected chi connectivity index (χ0v) is 13.1. The number of aromatic nitrogens is 2. The van der Waals surface area contributed by atoms with E-state index in [1.54, 1.807) is 22.8 Å². The van der Waals surface area contributed by atoms with Crippen LogP contribution < -0.4 is 0 Å². The van der Waals surface area contributed by atoms with Crippen LogP contribution in [0, 0.1) is 13.8 Å². The summed E-state index contributed by atoms with van der Waals surface area (Å²) < 4.78 is 1.81. The monoisotopic (exact) mass is 290 g/mol. The van der Waals surface area contributed by atoms with Gasteiger partial charge in [0.1, 0.15) is 0 Å². The molecule has 114 valence electrons. The first kappa shape index (κ1) is 15.3. The van der Waals surface area contributed by atoms with E-state index in [-0.39, 0.29) is 11.8 Å². The number of nitrogens with zero attached hydrogens (tertiary/aromatic N) is 4. The zero-order chi connectivity index (χ0) is 15.6. The average Bonchev–Trinajstić information content (AvgIpc) is 2.70. The molecule has 0 bridgehead atoms. The Hall–Kier alpha value is -2.11. The minimum atomic E-state index is -0.0131. The van der Waals surface area contributed by atoms with Gasteiger partial charge in [0.25, 0.3) is 0 Å². The predicted molar refractivity (Wildman–Crippen MR) is 80.6 cm³/mol. The van der Waals surface area contributed by atoms with Crippen molar-refractivity contribution in [3.05, 3.63) is 23.0 Å². The molecule has 0 saturated carbocycles. The first-order valence-corrected chi connectivity index (χ1v) is 7.13. The molecule has 1 aromatic heterocycles. The molecule has 1 aliphatic rings. The molecule has 0 unspecified atom stereocenters. The minimum absolute atomic E-state index is 0.0131. The van der Waals surface area contributed by atoms with Crippen molar-refractivity contribution in [3.63, 3.8) is 0 Å². The van der Waals surface area contributed by atoms with E-state index in [9.17, 15) is 9.59 Å². The van der Waals surface area contributed by atoms with Gasteiger partial charge < -0.3 is 9.80 Å². The average molecular weight is 290 g/mol. The Balaban J connectivity index is 1.99. The molecule has 0 radical (unpaired) electrons. The lowest BCUT2D eigenvalue weighted by Crippen LogP contribution is -2.49. The van der Waals surface area contributed by atoms with Gasteiger partial charge in [-0.1, -0.05) is 0 Å². The van der Waals surface area contributed by atoms with Crippen molar-refractivity contribution >= 4 is 17.9 Å². The molecule has 6 heteroatoms. The van der Waals surface area contributed by atoms with Crippen LogP contribution in [0.15, 0.2) is 6.08 Å². The van der Waals surface area contributed by atoms with Crippen LogP contribution in [0.4, 0.5) is 0 Å². The molecule has 1 aromatic rings. The van der Waals surface area contributed by atoms with Crippen molar-refractivity contribution in [1.82, 2.24) is 19.6 Å². The molecule has 0 aliphatic carbocycles. The fourth-order valence-corrected chi connectivity index (χ4v) is 2.53. The summed E-state index contributed by atoms with van der Waals surface area (Å²) in [6.45, 7) is 7.88. The third-order valence-corrected chi connectivity index (χ3v) is 3.99. The molecule has 21 heavy (non-hydrogen) atoms. The van der Waals surface area contributed by atoms with Gasteiger partial charge in [-0.15, -0.1) is 0 Å². The predicted octanol–water partition coefficient (Wildman–Crippen LogP) is 0.741. The number of hydrogen-bond donors (Lipinski definition) is 0. The molecule has 0 aromatic carbocycles. The third-order valence-electron chi connectivity index (χ3n) is 3.99. The van der Waals surface area contributed by atoms with Gasteiger partial charge >= 0.3 is 0 Å². The quantitative estimate of drug-likeness (QED) is 0.755. The largest absolute Gasteiger partial charge is 0.339 e. The van der Waals surface area contributed by atoms with Gasteiger partial charge in [-0.3, -0.25) is 14.3 Å². The van der Waals surface area contributed by atoms with E-state index in [4.69, 9.17) is 0 Å². The highest BCUT2D eigenvalue weighted by Gasteiger charge is 2.20. The third kappa shape index (κ3) is 3.32. The van der Waals surface area contributed by atoms with E-state index in [0.717, 1.165) is 17.0 Å². The first-order chi connectivity index (χ1) is 9.90. The highest BCUT2D eigenvalue weighted by atomic mass is 16.2. The van der Waals surface area contributed by atoms with Crippen molar-refractivity contribution in [3.8, 4) is 0 Å². The van der Waals surface area contributed by atoms with Crippen LogP contribution in [-0.4, -0.2) is 57.6 Å². The van der Waals surface area contributed by atoms with E-state index >= 15 is 0 Å². The van der Waals surface area contributed by atoms with E-state index in [1.165, 1.54) is 0 Å². The van der Waals surface area contributed by atoms with Crippen LogP contribution in [-0.2, 0) is 16.6 Å². The maximum Gasteiger partial charge on any atom is 0.246 e. The number of hydrogen-bond acceptors (Lipinski definition) is 3. The highest BCUT2D eigenvalue weighted by molar-refractivity contribution is 5.92. The Morgan fingerprint density at radius 1 is 1.10 bits per heavy atom. The van der Waals surface area contributed by atoms with Crippen LogP contribution in [0.5, 0.6) is 0 Å². The normalized spacial score (nSPS) is 15.8. The molecule has 0 spiro atoms. The van der Waals surface area contributed by atoms with E-state index in [2.05, 4.69) is 5.10 Å². The fourth-order valence-electron chi connectivity index (χ4n) is 2.53. The van der Waals surface area contributed by atoms with Crippen molar-refractivity contribution in [1.29, 1.82) is 0 Å². The standard InChI is InChI=1S/C15H22N4O2/c1-11-14(12(2)17(4)16-11)5-6-15(21)19-9-7-18(8-10-19)13(3)20/h5-6H,7-10H2,1-4H3/b6-5+. The first-order valence-electron chi connectivity index (χ1n) is 7.13. The second kappa shape index (κ2) is 6.11. The van der Waals surface area contributed by atoms with Gasteiger partial charge in [0.05, 0.1) is 5.69 Å². The molecule has 1 aliphatic heterocycles. The highest BCUT2D eigenvalue weighted by Crippen LogP contribution is 2.14. The van der Waals surface area contributed by atoms with Crippen molar-refractivity contribution in [2.75, 3.05) is 26.2 Å². The Morgan fingerprint density at radius 2 is 1.67 bits per heavy atom. The molecule has 2 heterocycles. The minimum Gasteiger partial charge on any atom is -0.339 e. The summed E-state index contributed by atoms with van der Waals surface area (Å²) in [5, 5.41) is 4.33. The van der Waals surface area contributed by atoms with Crippen molar-refractivity contribution < 1.29 is 9.59 Å². The van der Waals surface area contributed by atoms with E-state index in [0.29, 0.717) is 26.2 Å². The number of aryl methyl sites for hydroxylation is 2. The van der Waals surface area contributed by atoms with Gasteiger partial charge in [-0.05, 0) is 19.9 Å². The summed E-state index contributed by atoms with van der Waals surface area (Å²) in [6, 6.07) is 0. The second-order valence-electron chi connectivity index (χ2n) is 5.37. The van der Waals surface area contributed by atoms with Crippen LogP contribution in [0.2, 0.25) is 0 Å². The summed E-state index contributed by atoms with van der Waals surface area (Å²) in [5.41, 5.74) is 2.95. The van der Waals surface area contributed by atoms with E-state index < -0.39 is 0 Å². The summed E-state index contributed by atoms with van der Waals surface area (Å²) in [5.74, 6) is 0.0557. The molecule has 6 nitrogen and oxygen atoms in total. The number of rotatable bonds is 2. The molecule has 0 N–H and O–H groups in total. The molecule has 2 rings (SSSR count). The molecular weight excluding hydrogens is 268 g/mol. The maximum absolute atomic E-state index is 12.2. The Labute approximate surface area is 125 Å². The van der Waals surface area contributed by atoms with Gasteiger partial charge in [-0.25, -0.2) is 0 Å². The molecule has 0 atom stereocenters. The number of carbonyl (C=O) groups is 2. The smallest absolute Gasteiger partial charge is 0.246 e. The Kier molecular flexibility index (Phi) is 4.45.